The molecule has 1 saturated heterocycles. The lowest BCUT2D eigenvalue weighted by atomic mass is 9.68. The number of alkyl halides is 3. The lowest BCUT2D eigenvalue weighted by molar-refractivity contribution is -0.209. The van der Waals surface area contributed by atoms with Gasteiger partial charge in [0.1, 0.15) is 22.7 Å². The van der Waals surface area contributed by atoms with Gasteiger partial charge in [0.25, 0.3) is 0 Å². The van der Waals surface area contributed by atoms with Crippen LogP contribution in [0.5, 0.6) is 0 Å². The molecule has 0 spiro atoms. The third kappa shape index (κ3) is 3.54. The first-order chi connectivity index (χ1) is 12.5. The number of carbonyl (C=O) groups is 2. The third-order valence-electron chi connectivity index (χ3n) is 5.08. The van der Waals surface area contributed by atoms with Gasteiger partial charge in [-0.05, 0) is 24.8 Å². The highest BCUT2D eigenvalue weighted by Gasteiger charge is 2.53. The molecule has 3 rings (SSSR count). The van der Waals surface area contributed by atoms with Crippen LogP contribution in [-0.2, 0) is 4.79 Å². The zero-order chi connectivity index (χ0) is 20.1. The molecular weight excluding hydrogens is 397 g/mol. The molecule has 1 unspecified atom stereocenters. The average molecular weight is 412 g/mol. The first-order valence-corrected chi connectivity index (χ1v) is 8.45. The summed E-state index contributed by atoms with van der Waals surface area (Å²) in [5, 5.41) is 1.49. The van der Waals surface area contributed by atoms with E-state index in [4.69, 9.17) is 17.3 Å². The van der Waals surface area contributed by atoms with Crippen molar-refractivity contribution in [1.82, 2.24) is 10.2 Å². The fourth-order valence-electron chi connectivity index (χ4n) is 3.59. The normalized spacial score (nSPS) is 26.5. The van der Waals surface area contributed by atoms with Crippen LogP contribution >= 0.6 is 11.6 Å². The molecule has 2 aliphatic rings. The van der Waals surface area contributed by atoms with Gasteiger partial charge in [-0.1, -0.05) is 17.7 Å². The quantitative estimate of drug-likeness (QED) is 0.590. The summed E-state index contributed by atoms with van der Waals surface area (Å²) in [6, 6.07) is -1.03. The molecule has 2 atom stereocenters. The summed E-state index contributed by atoms with van der Waals surface area (Å²) >= 11 is 5.59. The van der Waals surface area contributed by atoms with E-state index in [1.165, 1.54) is 0 Å². The van der Waals surface area contributed by atoms with Crippen LogP contribution in [0.3, 0.4) is 0 Å². The maximum Gasteiger partial charge on any atom is 0.391 e. The van der Waals surface area contributed by atoms with Crippen LogP contribution in [0.15, 0.2) is 12.1 Å². The van der Waals surface area contributed by atoms with E-state index in [2.05, 4.69) is 5.32 Å². The number of rotatable bonds is 4. The number of hydrogen-bond donors (Lipinski definition) is 2. The zero-order valence-electron chi connectivity index (χ0n) is 13.7. The monoisotopic (exact) mass is 411 g/mol. The minimum Gasteiger partial charge on any atom is -0.368 e. The Kier molecular flexibility index (Phi) is 4.96. The van der Waals surface area contributed by atoms with Gasteiger partial charge in [0.15, 0.2) is 0 Å². The Hall–Kier alpha value is -2.10. The third-order valence-corrected chi connectivity index (χ3v) is 5.43. The molecule has 1 saturated carbocycles. The molecule has 1 aromatic carbocycles. The largest absolute Gasteiger partial charge is 0.391 e. The van der Waals surface area contributed by atoms with Crippen molar-refractivity contribution < 1.29 is 31.5 Å². The highest BCUT2D eigenvalue weighted by Crippen LogP contribution is 2.52. The number of urea groups is 1. The van der Waals surface area contributed by atoms with Gasteiger partial charge in [-0.2, -0.15) is 13.2 Å². The van der Waals surface area contributed by atoms with Crippen molar-refractivity contribution in [1.29, 1.82) is 0 Å². The van der Waals surface area contributed by atoms with Crippen molar-refractivity contribution in [2.45, 2.75) is 31.1 Å². The van der Waals surface area contributed by atoms with Crippen LogP contribution in [0.25, 0.3) is 0 Å². The molecule has 1 heterocycles. The van der Waals surface area contributed by atoms with Gasteiger partial charge in [0.05, 0.1) is 18.5 Å². The number of nitrogens with zero attached hydrogens (tertiary/aromatic N) is 1. The Morgan fingerprint density at radius 1 is 1.30 bits per heavy atom. The smallest absolute Gasteiger partial charge is 0.368 e. The van der Waals surface area contributed by atoms with E-state index in [1.54, 1.807) is 0 Å². The summed E-state index contributed by atoms with van der Waals surface area (Å²) in [5.41, 5.74) is 4.96. The van der Waals surface area contributed by atoms with Crippen molar-refractivity contribution in [2.24, 2.45) is 17.6 Å². The second kappa shape index (κ2) is 6.81. The summed E-state index contributed by atoms with van der Waals surface area (Å²) in [6.45, 7) is -0.236. The maximum atomic E-state index is 14.6. The Morgan fingerprint density at radius 2 is 1.93 bits per heavy atom. The van der Waals surface area contributed by atoms with Crippen LogP contribution in [0, 0.1) is 23.5 Å². The van der Waals surface area contributed by atoms with E-state index in [1.807, 2.05) is 0 Å². The van der Waals surface area contributed by atoms with Gasteiger partial charge < -0.3 is 16.0 Å². The zero-order valence-corrected chi connectivity index (χ0v) is 14.5. The van der Waals surface area contributed by atoms with Gasteiger partial charge in [0, 0.05) is 5.56 Å². The molecule has 3 amide bonds. The molecule has 27 heavy (non-hydrogen) atoms. The van der Waals surface area contributed by atoms with Crippen molar-refractivity contribution in [2.75, 3.05) is 6.54 Å². The highest BCUT2D eigenvalue weighted by atomic mass is 35.5. The first kappa shape index (κ1) is 19.7. The van der Waals surface area contributed by atoms with E-state index in [0.717, 1.165) is 17.0 Å². The number of halogens is 6. The Bertz CT molecular complexity index is 782. The second-order valence-corrected chi connectivity index (χ2v) is 7.11. The number of hydrogen-bond acceptors (Lipinski definition) is 2. The number of benzene rings is 1. The lowest BCUT2D eigenvalue weighted by Crippen LogP contribution is -2.45. The minimum atomic E-state index is -4.40. The van der Waals surface area contributed by atoms with Crippen LogP contribution < -0.4 is 11.1 Å². The molecule has 148 valence electrons. The molecule has 1 aromatic rings. The molecule has 5 nitrogen and oxygen atoms in total. The van der Waals surface area contributed by atoms with Crippen LogP contribution in [0.2, 0.25) is 5.02 Å². The molecule has 0 bridgehead atoms. The first-order valence-electron chi connectivity index (χ1n) is 8.07. The van der Waals surface area contributed by atoms with E-state index in [0.29, 0.717) is 0 Å². The standard InChI is InChI=1S/C16H15ClF5N3O2/c17-11-9(18)2-1-8(12(11)19)13(6-3-7(4-6)16(20,21)22)25-5-10(14(23)26)24-15(25)27/h1-2,6-7,10,13H,3-5H2,(H2,23,26)(H,24,27)/t6?,7?,10?,13-/m1/s1. The predicted octanol–water partition coefficient (Wildman–Crippen LogP) is 3.13. The van der Waals surface area contributed by atoms with Crippen LogP contribution in [0.1, 0.15) is 24.4 Å². The molecule has 0 aromatic heterocycles. The summed E-state index contributed by atoms with van der Waals surface area (Å²) in [7, 11) is 0. The fourth-order valence-corrected chi connectivity index (χ4v) is 3.76. The van der Waals surface area contributed by atoms with E-state index in [9.17, 15) is 31.5 Å². The number of primary amides is 1. The van der Waals surface area contributed by atoms with E-state index >= 15 is 0 Å². The van der Waals surface area contributed by atoms with Crippen molar-refractivity contribution in [3.63, 3.8) is 0 Å². The summed E-state index contributed by atoms with van der Waals surface area (Å²) in [6.07, 6.45) is -5.05. The van der Waals surface area contributed by atoms with Gasteiger partial charge in [-0.15, -0.1) is 0 Å². The van der Waals surface area contributed by atoms with E-state index in [-0.39, 0.29) is 24.9 Å². The minimum absolute atomic E-state index is 0.202. The molecule has 2 fully saturated rings. The fraction of sp³-hybridized carbons (Fsp3) is 0.500. The SMILES string of the molecule is NC(=O)C1CN([C@@H](c2ccc(F)c(Cl)c2F)C2CC(C(F)(F)F)C2)C(=O)N1. The van der Waals surface area contributed by atoms with Gasteiger partial charge in [-0.25, -0.2) is 13.6 Å². The number of carbonyl (C=O) groups excluding carboxylic acids is 2. The number of amides is 3. The number of nitrogens with two attached hydrogens (primary N) is 1. The van der Waals surface area contributed by atoms with Gasteiger partial charge in [0.2, 0.25) is 5.91 Å². The molecule has 1 aliphatic carbocycles. The molecule has 0 radical (unpaired) electrons. The van der Waals surface area contributed by atoms with E-state index < -0.39 is 58.7 Å². The summed E-state index contributed by atoms with van der Waals surface area (Å²) in [4.78, 5) is 24.6. The van der Waals surface area contributed by atoms with Gasteiger partial charge >= 0.3 is 12.2 Å². The summed E-state index contributed by atoms with van der Waals surface area (Å²) < 4.78 is 66.6. The second-order valence-electron chi connectivity index (χ2n) is 6.74. The topological polar surface area (TPSA) is 75.4 Å². The summed E-state index contributed by atoms with van der Waals surface area (Å²) in [5.74, 6) is -5.30. The van der Waals surface area contributed by atoms with Gasteiger partial charge in [-0.3, -0.25) is 4.79 Å². The van der Waals surface area contributed by atoms with Crippen molar-refractivity contribution in [3.05, 3.63) is 34.4 Å². The average Bonchev–Trinajstić information content (AvgIpc) is 2.89. The highest BCUT2D eigenvalue weighted by molar-refractivity contribution is 6.31. The van der Waals surface area contributed by atoms with Crippen molar-refractivity contribution >= 4 is 23.5 Å². The Morgan fingerprint density at radius 3 is 2.44 bits per heavy atom. The molecule has 11 heteroatoms. The Labute approximate surface area is 155 Å². The Balaban J connectivity index is 1.95. The van der Waals surface area contributed by atoms with Crippen LogP contribution in [0.4, 0.5) is 26.7 Å². The molecular formula is C16H15ClF5N3O2. The molecule has 1 aliphatic heterocycles. The van der Waals surface area contributed by atoms with Crippen molar-refractivity contribution in [3.8, 4) is 0 Å². The number of nitrogens with one attached hydrogen (secondary N) is 1. The maximum absolute atomic E-state index is 14.6. The predicted molar refractivity (Wildman–Crippen MR) is 84.6 cm³/mol. The van der Waals surface area contributed by atoms with Crippen LogP contribution in [-0.4, -0.2) is 35.6 Å². The molecule has 3 N–H and O–H groups in total. The lowest BCUT2D eigenvalue weighted by Gasteiger charge is -2.44.